The van der Waals surface area contributed by atoms with Crippen LogP contribution < -0.4 is 10.6 Å². The van der Waals surface area contributed by atoms with Crippen molar-refractivity contribution in [2.24, 2.45) is 0 Å². The Bertz CT molecular complexity index is 1580. The standard InChI is InChI=1S/C27H16ClN3O5/c28-19-11-10-16(31(35)36)14-22(19)29-20-12-13-21(30-27(34)15-6-2-1-3-7-15)24-23(20)25(32)17-8-4-5-9-18(17)26(24)33/h1-14,29H,(H,30,34). The maximum Gasteiger partial charge on any atom is 0.271 e. The van der Waals surface area contributed by atoms with Gasteiger partial charge in [-0.1, -0.05) is 54.1 Å². The van der Waals surface area contributed by atoms with Crippen LogP contribution in [0, 0.1) is 10.1 Å². The molecule has 0 radical (unpaired) electrons. The molecule has 0 heterocycles. The van der Waals surface area contributed by atoms with Crippen LogP contribution in [0.1, 0.15) is 42.2 Å². The smallest absolute Gasteiger partial charge is 0.271 e. The second kappa shape index (κ2) is 9.09. The van der Waals surface area contributed by atoms with Crippen molar-refractivity contribution in [1.29, 1.82) is 0 Å². The van der Waals surface area contributed by atoms with Crippen molar-refractivity contribution < 1.29 is 19.3 Å². The molecule has 1 aliphatic carbocycles. The van der Waals surface area contributed by atoms with Gasteiger partial charge in [0.25, 0.3) is 11.6 Å². The summed E-state index contributed by atoms with van der Waals surface area (Å²) in [6.45, 7) is 0. The molecule has 4 aromatic rings. The van der Waals surface area contributed by atoms with E-state index in [4.69, 9.17) is 11.6 Å². The Balaban J connectivity index is 1.65. The Hall–Kier alpha value is -4.82. The highest BCUT2D eigenvalue weighted by Gasteiger charge is 2.34. The SMILES string of the molecule is O=C(Nc1ccc(Nc2cc([N+](=O)[O-])ccc2Cl)c2c1C(=O)c1ccccc1C2=O)c1ccccc1. The maximum absolute atomic E-state index is 13.6. The highest BCUT2D eigenvalue weighted by Crippen LogP contribution is 2.39. The number of nitrogens with zero attached hydrogens (tertiary/aromatic N) is 1. The van der Waals surface area contributed by atoms with Gasteiger partial charge in [0.2, 0.25) is 0 Å². The number of nitrogens with one attached hydrogen (secondary N) is 2. The van der Waals surface area contributed by atoms with E-state index >= 15 is 0 Å². The fraction of sp³-hybridized carbons (Fsp3) is 0. The van der Waals surface area contributed by atoms with Crippen molar-refractivity contribution in [2.45, 2.75) is 0 Å². The average molecular weight is 498 g/mol. The molecule has 0 fully saturated rings. The summed E-state index contributed by atoms with van der Waals surface area (Å²) < 4.78 is 0. The Morgan fingerprint density at radius 2 is 1.33 bits per heavy atom. The van der Waals surface area contributed by atoms with Crippen LogP contribution in [0.4, 0.5) is 22.7 Å². The number of nitro benzene ring substituents is 1. The minimum atomic E-state index is -0.565. The lowest BCUT2D eigenvalue weighted by Gasteiger charge is -2.24. The van der Waals surface area contributed by atoms with E-state index in [-0.39, 0.29) is 50.0 Å². The van der Waals surface area contributed by atoms with Crippen LogP contribution in [-0.4, -0.2) is 22.4 Å². The summed E-state index contributed by atoms with van der Waals surface area (Å²) in [6, 6.07) is 21.8. The third-order valence-corrected chi connectivity index (χ3v) is 6.12. The molecular formula is C27H16ClN3O5. The van der Waals surface area contributed by atoms with Gasteiger partial charge in [-0.05, 0) is 30.3 Å². The predicted molar refractivity (Wildman–Crippen MR) is 136 cm³/mol. The molecule has 0 spiro atoms. The van der Waals surface area contributed by atoms with Gasteiger partial charge in [0.15, 0.2) is 11.6 Å². The second-order valence-corrected chi connectivity index (χ2v) is 8.39. The van der Waals surface area contributed by atoms with E-state index in [2.05, 4.69) is 10.6 Å². The van der Waals surface area contributed by atoms with Gasteiger partial charge < -0.3 is 10.6 Å². The zero-order chi connectivity index (χ0) is 25.4. The van der Waals surface area contributed by atoms with Gasteiger partial charge in [-0.25, -0.2) is 0 Å². The zero-order valence-corrected chi connectivity index (χ0v) is 19.2. The quantitative estimate of drug-likeness (QED) is 0.226. The summed E-state index contributed by atoms with van der Waals surface area (Å²) in [5.41, 5.74) is 1.25. The van der Waals surface area contributed by atoms with Gasteiger partial charge >= 0.3 is 0 Å². The van der Waals surface area contributed by atoms with Crippen LogP contribution in [0.3, 0.4) is 0 Å². The maximum atomic E-state index is 13.6. The van der Waals surface area contributed by atoms with Crippen LogP contribution in [0.25, 0.3) is 0 Å². The number of benzene rings is 4. The van der Waals surface area contributed by atoms with Crippen LogP contribution in [0.15, 0.2) is 84.9 Å². The molecule has 176 valence electrons. The van der Waals surface area contributed by atoms with Crippen molar-refractivity contribution in [3.63, 3.8) is 0 Å². The summed E-state index contributed by atoms with van der Waals surface area (Å²) >= 11 is 6.25. The van der Waals surface area contributed by atoms with Gasteiger partial charge in [0, 0.05) is 28.8 Å². The number of rotatable bonds is 5. The van der Waals surface area contributed by atoms with Crippen molar-refractivity contribution in [3.05, 3.63) is 128 Å². The number of hydrogen-bond donors (Lipinski definition) is 2. The van der Waals surface area contributed by atoms with E-state index in [9.17, 15) is 24.5 Å². The summed E-state index contributed by atoms with van der Waals surface area (Å²) in [6.07, 6.45) is 0. The highest BCUT2D eigenvalue weighted by molar-refractivity contribution is 6.34. The number of carbonyl (C=O) groups is 3. The van der Waals surface area contributed by atoms with Crippen molar-refractivity contribution in [3.8, 4) is 0 Å². The third kappa shape index (κ3) is 3.99. The molecule has 0 bridgehead atoms. The number of non-ortho nitro benzene ring substituents is 1. The Morgan fingerprint density at radius 3 is 1.97 bits per heavy atom. The molecule has 0 unspecified atom stereocenters. The van der Waals surface area contributed by atoms with E-state index in [0.717, 1.165) is 0 Å². The number of nitro groups is 1. The molecule has 0 atom stereocenters. The topological polar surface area (TPSA) is 118 Å². The van der Waals surface area contributed by atoms with Crippen LogP contribution in [0.5, 0.6) is 0 Å². The van der Waals surface area contributed by atoms with Gasteiger partial charge in [0.1, 0.15) is 0 Å². The molecule has 36 heavy (non-hydrogen) atoms. The number of carbonyl (C=O) groups excluding carboxylic acids is 3. The molecule has 5 rings (SSSR count). The lowest BCUT2D eigenvalue weighted by Crippen LogP contribution is -2.25. The summed E-state index contributed by atoms with van der Waals surface area (Å²) in [5, 5.41) is 17.1. The number of hydrogen-bond acceptors (Lipinski definition) is 6. The molecular weight excluding hydrogens is 482 g/mol. The summed E-state index contributed by atoms with van der Waals surface area (Å²) in [5.74, 6) is -1.31. The fourth-order valence-corrected chi connectivity index (χ4v) is 4.25. The minimum Gasteiger partial charge on any atom is -0.353 e. The number of amides is 1. The van der Waals surface area contributed by atoms with E-state index in [1.165, 1.54) is 30.3 Å². The normalized spacial score (nSPS) is 11.9. The lowest BCUT2D eigenvalue weighted by atomic mass is 9.82. The number of halogens is 1. The number of fused-ring (bicyclic) bond motifs is 2. The molecule has 0 saturated carbocycles. The second-order valence-electron chi connectivity index (χ2n) is 7.98. The molecule has 4 aromatic carbocycles. The monoisotopic (exact) mass is 497 g/mol. The van der Waals surface area contributed by atoms with Crippen molar-refractivity contribution in [2.75, 3.05) is 10.6 Å². The zero-order valence-electron chi connectivity index (χ0n) is 18.4. The van der Waals surface area contributed by atoms with Gasteiger partial charge in [-0.3, -0.25) is 24.5 Å². The van der Waals surface area contributed by atoms with Crippen LogP contribution in [0.2, 0.25) is 5.02 Å². The lowest BCUT2D eigenvalue weighted by molar-refractivity contribution is -0.384. The molecule has 9 heteroatoms. The Kier molecular flexibility index (Phi) is 5.79. The van der Waals surface area contributed by atoms with E-state index < -0.39 is 22.4 Å². The summed E-state index contributed by atoms with van der Waals surface area (Å²) in [7, 11) is 0. The number of anilines is 3. The summed E-state index contributed by atoms with van der Waals surface area (Å²) in [4.78, 5) is 50.7. The average Bonchev–Trinajstić information content (AvgIpc) is 2.89. The first kappa shape index (κ1) is 22.9. The molecule has 0 aromatic heterocycles. The first-order chi connectivity index (χ1) is 17.3. The third-order valence-electron chi connectivity index (χ3n) is 5.79. The van der Waals surface area contributed by atoms with Gasteiger partial charge in [0.05, 0.1) is 38.1 Å². The molecule has 1 aliphatic rings. The van der Waals surface area contributed by atoms with Gasteiger partial charge in [-0.15, -0.1) is 0 Å². The number of ketones is 2. The Labute approximate surface area is 209 Å². The molecule has 0 saturated heterocycles. The Morgan fingerprint density at radius 1 is 0.750 bits per heavy atom. The molecule has 1 amide bonds. The molecule has 2 N–H and O–H groups in total. The van der Waals surface area contributed by atoms with E-state index in [0.29, 0.717) is 5.56 Å². The minimum absolute atomic E-state index is 0.0227. The molecule has 8 nitrogen and oxygen atoms in total. The van der Waals surface area contributed by atoms with Crippen molar-refractivity contribution >= 4 is 51.8 Å². The molecule has 0 aliphatic heterocycles. The first-order valence-electron chi connectivity index (χ1n) is 10.8. The largest absolute Gasteiger partial charge is 0.353 e. The van der Waals surface area contributed by atoms with Crippen molar-refractivity contribution in [1.82, 2.24) is 0 Å². The van der Waals surface area contributed by atoms with Gasteiger partial charge in [-0.2, -0.15) is 0 Å². The van der Waals surface area contributed by atoms with E-state index in [1.807, 2.05) is 0 Å². The van der Waals surface area contributed by atoms with E-state index in [1.54, 1.807) is 54.6 Å². The fourth-order valence-electron chi connectivity index (χ4n) is 4.08. The van der Waals surface area contributed by atoms with Crippen LogP contribution in [-0.2, 0) is 0 Å². The first-order valence-corrected chi connectivity index (χ1v) is 11.2. The predicted octanol–water partition coefficient (Wildman–Crippen LogP) is 6.02. The van der Waals surface area contributed by atoms with Crippen LogP contribution >= 0.6 is 11.6 Å². The highest BCUT2D eigenvalue weighted by atomic mass is 35.5.